The van der Waals surface area contributed by atoms with Crippen LogP contribution in [0.25, 0.3) is 0 Å². The first kappa shape index (κ1) is 16.5. The van der Waals surface area contributed by atoms with E-state index in [1.807, 2.05) is 38.1 Å². The van der Waals surface area contributed by atoms with Gasteiger partial charge in [-0.05, 0) is 50.6 Å². The molecule has 120 valence electrons. The summed E-state index contributed by atoms with van der Waals surface area (Å²) in [6, 6.07) is 7.48. The van der Waals surface area contributed by atoms with E-state index in [4.69, 9.17) is 14.2 Å². The number of carbonyl (C=O) groups is 1. The molecule has 1 amide bonds. The molecule has 1 fully saturated rings. The Labute approximate surface area is 130 Å². The Balaban J connectivity index is 1.80. The maximum Gasteiger partial charge on any atom is 0.245 e. The first-order chi connectivity index (χ1) is 10.5. The van der Waals surface area contributed by atoms with E-state index < -0.39 is 5.79 Å². The van der Waals surface area contributed by atoms with Gasteiger partial charge in [0.05, 0.1) is 32.0 Å². The second-order valence-corrected chi connectivity index (χ2v) is 5.54. The summed E-state index contributed by atoms with van der Waals surface area (Å²) in [5.74, 6) is -0.282. The van der Waals surface area contributed by atoms with Gasteiger partial charge >= 0.3 is 0 Å². The van der Waals surface area contributed by atoms with Crippen LogP contribution in [-0.2, 0) is 14.3 Å². The second-order valence-electron chi connectivity index (χ2n) is 5.54. The molecule has 1 aromatic carbocycles. The van der Waals surface area contributed by atoms with E-state index in [1.165, 1.54) is 0 Å². The summed E-state index contributed by atoms with van der Waals surface area (Å²) in [5.41, 5.74) is 3.34. The number of amides is 1. The van der Waals surface area contributed by atoms with Crippen molar-refractivity contribution in [3.63, 3.8) is 0 Å². The van der Waals surface area contributed by atoms with Gasteiger partial charge in [0.1, 0.15) is 5.75 Å². The Bertz CT molecular complexity index is 519. The van der Waals surface area contributed by atoms with Crippen molar-refractivity contribution in [2.45, 2.75) is 39.1 Å². The third kappa shape index (κ3) is 5.13. The van der Waals surface area contributed by atoms with Crippen molar-refractivity contribution in [2.24, 2.45) is 5.10 Å². The largest absolute Gasteiger partial charge is 0.491 e. The fraction of sp³-hybridized carbons (Fsp3) is 0.500. The molecule has 1 heterocycles. The van der Waals surface area contributed by atoms with E-state index in [0.29, 0.717) is 13.2 Å². The highest BCUT2D eigenvalue weighted by molar-refractivity contribution is 5.82. The first-order valence-corrected chi connectivity index (χ1v) is 7.33. The van der Waals surface area contributed by atoms with Gasteiger partial charge in [-0.15, -0.1) is 0 Å². The van der Waals surface area contributed by atoms with Crippen LogP contribution in [0.15, 0.2) is 29.4 Å². The lowest BCUT2D eigenvalue weighted by molar-refractivity contribution is -0.159. The van der Waals surface area contributed by atoms with Gasteiger partial charge in [0.2, 0.25) is 5.91 Å². The fourth-order valence-electron chi connectivity index (χ4n) is 2.07. The Morgan fingerprint density at radius 3 is 2.59 bits per heavy atom. The minimum absolute atomic E-state index is 0.117. The molecule has 0 unspecified atom stereocenters. The van der Waals surface area contributed by atoms with Crippen molar-refractivity contribution in [3.05, 3.63) is 29.8 Å². The van der Waals surface area contributed by atoms with Gasteiger partial charge in [-0.25, -0.2) is 5.43 Å². The van der Waals surface area contributed by atoms with Crippen LogP contribution in [0.3, 0.4) is 0 Å². The van der Waals surface area contributed by atoms with Crippen LogP contribution in [0, 0.1) is 0 Å². The van der Waals surface area contributed by atoms with Gasteiger partial charge in [0, 0.05) is 0 Å². The monoisotopic (exact) mass is 306 g/mol. The lowest BCUT2D eigenvalue weighted by Gasteiger charge is -2.20. The molecule has 6 nitrogen and oxygen atoms in total. The maximum absolute atomic E-state index is 11.8. The molecule has 1 aromatic rings. The van der Waals surface area contributed by atoms with Crippen LogP contribution in [0.4, 0.5) is 0 Å². The molecule has 1 aliphatic heterocycles. The highest BCUT2D eigenvalue weighted by Gasteiger charge is 2.33. The van der Waals surface area contributed by atoms with Crippen LogP contribution < -0.4 is 10.2 Å². The van der Waals surface area contributed by atoms with Crippen LogP contribution in [0.2, 0.25) is 0 Å². The number of carbonyl (C=O) groups excluding carboxylic acids is 1. The van der Waals surface area contributed by atoms with Crippen LogP contribution in [0.1, 0.15) is 32.8 Å². The van der Waals surface area contributed by atoms with Crippen molar-refractivity contribution in [2.75, 3.05) is 13.2 Å². The van der Waals surface area contributed by atoms with Gasteiger partial charge in [-0.3, -0.25) is 4.79 Å². The van der Waals surface area contributed by atoms with E-state index in [1.54, 1.807) is 13.1 Å². The van der Waals surface area contributed by atoms with Crippen molar-refractivity contribution in [3.8, 4) is 5.75 Å². The Kier molecular flexibility index (Phi) is 5.51. The minimum Gasteiger partial charge on any atom is -0.491 e. The van der Waals surface area contributed by atoms with Gasteiger partial charge < -0.3 is 14.2 Å². The number of hydrazone groups is 1. The zero-order valence-electron chi connectivity index (χ0n) is 13.2. The zero-order chi connectivity index (χ0) is 16.0. The molecule has 2 rings (SSSR count). The SMILES string of the molecule is CC(C)Oc1ccc(/C=N\NC(=O)CC2(C)OCCO2)cc1. The molecule has 0 radical (unpaired) electrons. The molecular weight excluding hydrogens is 284 g/mol. The summed E-state index contributed by atoms with van der Waals surface area (Å²) < 4.78 is 16.3. The predicted molar refractivity (Wildman–Crippen MR) is 82.9 cm³/mol. The van der Waals surface area contributed by atoms with Crippen molar-refractivity contribution in [1.82, 2.24) is 5.43 Å². The lowest BCUT2D eigenvalue weighted by Crippen LogP contribution is -2.33. The molecule has 0 atom stereocenters. The van der Waals surface area contributed by atoms with Gasteiger partial charge in [0.15, 0.2) is 5.79 Å². The lowest BCUT2D eigenvalue weighted by atomic mass is 10.2. The molecule has 0 bridgehead atoms. The van der Waals surface area contributed by atoms with E-state index >= 15 is 0 Å². The van der Waals surface area contributed by atoms with E-state index in [0.717, 1.165) is 11.3 Å². The minimum atomic E-state index is -0.838. The van der Waals surface area contributed by atoms with Crippen molar-refractivity contribution in [1.29, 1.82) is 0 Å². The summed E-state index contributed by atoms with van der Waals surface area (Å²) >= 11 is 0. The van der Waals surface area contributed by atoms with Gasteiger partial charge in [-0.2, -0.15) is 5.10 Å². The van der Waals surface area contributed by atoms with Crippen molar-refractivity contribution < 1.29 is 19.0 Å². The zero-order valence-corrected chi connectivity index (χ0v) is 13.2. The third-order valence-electron chi connectivity index (χ3n) is 3.03. The summed E-state index contributed by atoms with van der Waals surface area (Å²) in [6.07, 6.45) is 1.83. The molecule has 1 saturated heterocycles. The Morgan fingerprint density at radius 2 is 2.00 bits per heavy atom. The predicted octanol–water partition coefficient (Wildman–Crippen LogP) is 2.08. The number of nitrogens with zero attached hydrogens (tertiary/aromatic N) is 1. The Morgan fingerprint density at radius 1 is 1.36 bits per heavy atom. The smallest absolute Gasteiger partial charge is 0.245 e. The molecule has 1 N–H and O–H groups in total. The van der Waals surface area contributed by atoms with Gasteiger partial charge in [-0.1, -0.05) is 0 Å². The normalized spacial score (nSPS) is 17.1. The number of rotatable bonds is 6. The average Bonchev–Trinajstić information content (AvgIpc) is 2.86. The standard InChI is InChI=1S/C16H22N2O4/c1-12(2)22-14-6-4-13(5-7-14)11-17-18-15(19)10-16(3)20-8-9-21-16/h4-7,11-12H,8-10H2,1-3H3,(H,18,19)/b17-11-. The number of benzene rings is 1. The fourth-order valence-corrected chi connectivity index (χ4v) is 2.07. The molecule has 0 saturated carbocycles. The maximum atomic E-state index is 11.8. The molecule has 1 aliphatic rings. The number of hydrogen-bond acceptors (Lipinski definition) is 5. The number of ether oxygens (including phenoxy) is 3. The summed E-state index contributed by atoms with van der Waals surface area (Å²) in [6.45, 7) is 6.72. The van der Waals surface area contributed by atoms with E-state index in [9.17, 15) is 4.79 Å². The third-order valence-corrected chi connectivity index (χ3v) is 3.03. The molecular formula is C16H22N2O4. The van der Waals surface area contributed by atoms with Crippen molar-refractivity contribution >= 4 is 12.1 Å². The molecule has 0 aromatic heterocycles. The van der Waals surface area contributed by atoms with Crippen LogP contribution >= 0.6 is 0 Å². The molecule has 0 spiro atoms. The van der Waals surface area contributed by atoms with E-state index in [-0.39, 0.29) is 18.4 Å². The number of hydrogen-bond donors (Lipinski definition) is 1. The highest BCUT2D eigenvalue weighted by Crippen LogP contribution is 2.22. The summed E-state index contributed by atoms with van der Waals surface area (Å²) in [5, 5.41) is 3.93. The number of nitrogens with one attached hydrogen (secondary N) is 1. The quantitative estimate of drug-likeness (QED) is 0.645. The summed E-state index contributed by atoms with van der Waals surface area (Å²) in [4.78, 5) is 11.8. The topological polar surface area (TPSA) is 69.2 Å². The first-order valence-electron chi connectivity index (χ1n) is 7.33. The molecule has 22 heavy (non-hydrogen) atoms. The van der Waals surface area contributed by atoms with Crippen LogP contribution in [0.5, 0.6) is 5.75 Å². The van der Waals surface area contributed by atoms with E-state index in [2.05, 4.69) is 10.5 Å². The summed E-state index contributed by atoms with van der Waals surface area (Å²) in [7, 11) is 0. The second kappa shape index (κ2) is 7.38. The highest BCUT2D eigenvalue weighted by atomic mass is 16.7. The molecule has 6 heteroatoms. The Hall–Kier alpha value is -1.92. The molecule has 0 aliphatic carbocycles. The average molecular weight is 306 g/mol. The van der Waals surface area contributed by atoms with Crippen LogP contribution in [-0.4, -0.2) is 37.2 Å². The van der Waals surface area contributed by atoms with Gasteiger partial charge in [0.25, 0.3) is 0 Å².